The zero-order valence-corrected chi connectivity index (χ0v) is 11.2. The standard InChI is InChI=1S/C12H16N2S2/c1-9(11-4-6-15-8-11)13-5-3-12-7-14-10(2)16-12/h4,6-9,13H,3,5H2,1-2H3. The molecular weight excluding hydrogens is 236 g/mol. The van der Waals surface area contributed by atoms with Gasteiger partial charge in [-0.3, -0.25) is 0 Å². The van der Waals surface area contributed by atoms with Crippen LogP contribution >= 0.6 is 22.7 Å². The van der Waals surface area contributed by atoms with Crippen LogP contribution in [-0.4, -0.2) is 11.5 Å². The van der Waals surface area contributed by atoms with Crippen molar-refractivity contribution in [2.45, 2.75) is 26.3 Å². The van der Waals surface area contributed by atoms with Gasteiger partial charge in [0.05, 0.1) is 5.01 Å². The van der Waals surface area contributed by atoms with E-state index in [0.29, 0.717) is 6.04 Å². The minimum atomic E-state index is 0.445. The Kier molecular flexibility index (Phi) is 4.09. The van der Waals surface area contributed by atoms with Gasteiger partial charge in [-0.15, -0.1) is 11.3 Å². The molecule has 0 bridgehead atoms. The third-order valence-electron chi connectivity index (χ3n) is 2.53. The van der Waals surface area contributed by atoms with E-state index in [1.165, 1.54) is 10.4 Å². The summed E-state index contributed by atoms with van der Waals surface area (Å²) < 4.78 is 0. The summed E-state index contributed by atoms with van der Waals surface area (Å²) in [6.07, 6.45) is 3.05. The molecule has 0 aliphatic rings. The van der Waals surface area contributed by atoms with Crippen LogP contribution in [0.3, 0.4) is 0 Å². The van der Waals surface area contributed by atoms with E-state index in [1.54, 1.807) is 22.7 Å². The Balaban J connectivity index is 1.76. The SMILES string of the molecule is Cc1ncc(CCNC(C)c2ccsc2)s1. The molecule has 86 valence electrons. The molecule has 0 fully saturated rings. The average molecular weight is 252 g/mol. The molecule has 2 heterocycles. The van der Waals surface area contributed by atoms with Crippen LogP contribution in [0.1, 0.15) is 28.4 Å². The zero-order chi connectivity index (χ0) is 11.4. The molecule has 1 atom stereocenters. The van der Waals surface area contributed by atoms with Crippen LogP contribution in [0.15, 0.2) is 23.0 Å². The monoisotopic (exact) mass is 252 g/mol. The van der Waals surface area contributed by atoms with E-state index in [9.17, 15) is 0 Å². The minimum Gasteiger partial charge on any atom is -0.310 e. The maximum Gasteiger partial charge on any atom is 0.0896 e. The summed E-state index contributed by atoms with van der Waals surface area (Å²) in [6.45, 7) is 5.27. The molecule has 0 aliphatic heterocycles. The number of nitrogens with one attached hydrogen (secondary N) is 1. The molecule has 0 spiro atoms. The first kappa shape index (κ1) is 11.8. The van der Waals surface area contributed by atoms with Crippen molar-refractivity contribution in [3.8, 4) is 0 Å². The Morgan fingerprint density at radius 1 is 1.50 bits per heavy atom. The molecular formula is C12H16N2S2. The number of thiophene rings is 1. The van der Waals surface area contributed by atoms with Gasteiger partial charge in [0.1, 0.15) is 0 Å². The molecule has 2 rings (SSSR count). The van der Waals surface area contributed by atoms with E-state index in [4.69, 9.17) is 0 Å². The van der Waals surface area contributed by atoms with E-state index in [0.717, 1.165) is 18.0 Å². The second-order valence-corrected chi connectivity index (χ2v) is 5.93. The van der Waals surface area contributed by atoms with Gasteiger partial charge in [-0.25, -0.2) is 4.98 Å². The summed E-state index contributed by atoms with van der Waals surface area (Å²) in [5.74, 6) is 0. The van der Waals surface area contributed by atoms with Crippen molar-refractivity contribution in [2.75, 3.05) is 6.54 Å². The number of hydrogen-bond acceptors (Lipinski definition) is 4. The Hall–Kier alpha value is -0.710. The lowest BCUT2D eigenvalue weighted by Gasteiger charge is -2.11. The van der Waals surface area contributed by atoms with Gasteiger partial charge in [0.2, 0.25) is 0 Å². The summed E-state index contributed by atoms with van der Waals surface area (Å²) >= 11 is 3.54. The maximum absolute atomic E-state index is 4.26. The quantitative estimate of drug-likeness (QED) is 0.882. The van der Waals surface area contributed by atoms with E-state index in [-0.39, 0.29) is 0 Å². The van der Waals surface area contributed by atoms with Crippen molar-refractivity contribution < 1.29 is 0 Å². The summed E-state index contributed by atoms with van der Waals surface area (Å²) in [7, 11) is 0. The number of aryl methyl sites for hydroxylation is 1. The molecule has 16 heavy (non-hydrogen) atoms. The van der Waals surface area contributed by atoms with Gasteiger partial charge in [-0.2, -0.15) is 11.3 Å². The van der Waals surface area contributed by atoms with Crippen LogP contribution in [0.4, 0.5) is 0 Å². The van der Waals surface area contributed by atoms with Crippen LogP contribution < -0.4 is 5.32 Å². The highest BCUT2D eigenvalue weighted by molar-refractivity contribution is 7.11. The molecule has 4 heteroatoms. The molecule has 2 aromatic rings. The predicted molar refractivity (Wildman–Crippen MR) is 71.3 cm³/mol. The smallest absolute Gasteiger partial charge is 0.0896 e. The Labute approximate surface area is 104 Å². The highest BCUT2D eigenvalue weighted by atomic mass is 32.1. The highest BCUT2D eigenvalue weighted by Crippen LogP contribution is 2.16. The summed E-state index contributed by atoms with van der Waals surface area (Å²) in [6, 6.07) is 2.62. The second kappa shape index (κ2) is 5.57. The molecule has 0 amide bonds. The minimum absolute atomic E-state index is 0.445. The molecule has 1 N–H and O–H groups in total. The molecule has 2 nitrogen and oxygen atoms in total. The largest absolute Gasteiger partial charge is 0.310 e. The van der Waals surface area contributed by atoms with Crippen LogP contribution in [-0.2, 0) is 6.42 Å². The number of hydrogen-bond donors (Lipinski definition) is 1. The zero-order valence-electron chi connectivity index (χ0n) is 9.56. The Morgan fingerprint density at radius 2 is 2.38 bits per heavy atom. The fourth-order valence-corrected chi connectivity index (χ4v) is 3.12. The summed E-state index contributed by atoms with van der Waals surface area (Å²) in [4.78, 5) is 5.62. The van der Waals surface area contributed by atoms with Gasteiger partial charge in [0, 0.05) is 23.7 Å². The van der Waals surface area contributed by atoms with Crippen molar-refractivity contribution in [1.82, 2.24) is 10.3 Å². The van der Waals surface area contributed by atoms with Gasteiger partial charge >= 0.3 is 0 Å². The molecule has 0 radical (unpaired) electrons. The first-order valence-electron chi connectivity index (χ1n) is 5.42. The molecule has 2 aromatic heterocycles. The van der Waals surface area contributed by atoms with Gasteiger partial charge in [0.15, 0.2) is 0 Å². The predicted octanol–water partition coefficient (Wildman–Crippen LogP) is 3.41. The Bertz CT molecular complexity index is 420. The molecule has 0 aromatic carbocycles. The van der Waals surface area contributed by atoms with Gasteiger partial charge < -0.3 is 5.32 Å². The number of rotatable bonds is 5. The lowest BCUT2D eigenvalue weighted by molar-refractivity contribution is 0.580. The normalized spacial score (nSPS) is 12.9. The van der Waals surface area contributed by atoms with Gasteiger partial charge in [-0.05, 0) is 42.7 Å². The lowest BCUT2D eigenvalue weighted by atomic mass is 10.2. The average Bonchev–Trinajstić information content (AvgIpc) is 2.89. The van der Waals surface area contributed by atoms with Crippen molar-refractivity contribution in [3.05, 3.63) is 38.5 Å². The van der Waals surface area contributed by atoms with Crippen LogP contribution in [0.25, 0.3) is 0 Å². The lowest BCUT2D eigenvalue weighted by Crippen LogP contribution is -2.20. The van der Waals surface area contributed by atoms with Crippen LogP contribution in [0.2, 0.25) is 0 Å². The van der Waals surface area contributed by atoms with Crippen molar-refractivity contribution >= 4 is 22.7 Å². The van der Waals surface area contributed by atoms with Crippen molar-refractivity contribution in [3.63, 3.8) is 0 Å². The summed E-state index contributed by atoms with van der Waals surface area (Å²) in [5, 5.41) is 9.01. The molecule has 0 saturated heterocycles. The van der Waals surface area contributed by atoms with Crippen molar-refractivity contribution in [1.29, 1.82) is 0 Å². The number of thiazole rings is 1. The molecule has 0 aliphatic carbocycles. The van der Waals surface area contributed by atoms with E-state index < -0.39 is 0 Å². The first-order chi connectivity index (χ1) is 7.75. The second-order valence-electron chi connectivity index (χ2n) is 3.83. The maximum atomic E-state index is 4.26. The third-order valence-corrected chi connectivity index (χ3v) is 4.21. The molecule has 0 saturated carbocycles. The number of aromatic nitrogens is 1. The van der Waals surface area contributed by atoms with Gasteiger partial charge in [0.25, 0.3) is 0 Å². The number of nitrogens with zero attached hydrogens (tertiary/aromatic N) is 1. The first-order valence-corrected chi connectivity index (χ1v) is 7.18. The van der Waals surface area contributed by atoms with Crippen molar-refractivity contribution in [2.24, 2.45) is 0 Å². The fraction of sp³-hybridized carbons (Fsp3) is 0.417. The van der Waals surface area contributed by atoms with E-state index >= 15 is 0 Å². The van der Waals surface area contributed by atoms with Crippen LogP contribution in [0.5, 0.6) is 0 Å². The topological polar surface area (TPSA) is 24.9 Å². The highest BCUT2D eigenvalue weighted by Gasteiger charge is 2.05. The third kappa shape index (κ3) is 3.14. The molecule has 1 unspecified atom stereocenters. The Morgan fingerprint density at radius 3 is 3.00 bits per heavy atom. The van der Waals surface area contributed by atoms with Gasteiger partial charge in [-0.1, -0.05) is 0 Å². The van der Waals surface area contributed by atoms with E-state index in [1.807, 2.05) is 6.20 Å². The van der Waals surface area contributed by atoms with E-state index in [2.05, 4.69) is 41.0 Å². The van der Waals surface area contributed by atoms with Crippen LogP contribution in [0, 0.1) is 6.92 Å². The fourth-order valence-electron chi connectivity index (χ4n) is 1.57. The summed E-state index contributed by atoms with van der Waals surface area (Å²) in [5.41, 5.74) is 1.38.